The minimum Gasteiger partial charge on any atom is -0.504 e. The van der Waals surface area contributed by atoms with Gasteiger partial charge < -0.3 is 14.3 Å². The van der Waals surface area contributed by atoms with Crippen LogP contribution in [-0.2, 0) is 20.7 Å². The van der Waals surface area contributed by atoms with Crippen LogP contribution in [0.1, 0.15) is 17.7 Å². The maximum Gasteiger partial charge on any atom is 0.378 e. The Kier molecular flexibility index (Phi) is 4.93. The van der Waals surface area contributed by atoms with Crippen LogP contribution in [0.4, 0.5) is 4.39 Å². The second-order valence-corrected chi connectivity index (χ2v) is 4.73. The number of aliphatic hydroxyl groups is 1. The van der Waals surface area contributed by atoms with Crippen molar-refractivity contribution in [1.29, 1.82) is 0 Å². The van der Waals surface area contributed by atoms with Crippen molar-refractivity contribution >= 4 is 17.5 Å². The summed E-state index contributed by atoms with van der Waals surface area (Å²) in [5.41, 5.74) is 1.50. The maximum atomic E-state index is 13.0. The summed E-state index contributed by atoms with van der Waals surface area (Å²) in [5, 5.41) is 9.92. The van der Waals surface area contributed by atoms with Gasteiger partial charge in [0.05, 0.1) is 13.4 Å². The fourth-order valence-corrected chi connectivity index (χ4v) is 2.04. The number of carbonyl (C=O) groups excluding carboxylic acids is 2. The largest absolute Gasteiger partial charge is 0.504 e. The molecule has 1 atom stereocenters. The van der Waals surface area contributed by atoms with E-state index in [1.54, 1.807) is 18.2 Å². The molecular weight excluding hydrogens is 291 g/mol. The van der Waals surface area contributed by atoms with E-state index in [1.807, 2.05) is 0 Å². The lowest BCUT2D eigenvalue weighted by molar-refractivity contribution is -0.149. The third-order valence-electron chi connectivity index (χ3n) is 3.15. The summed E-state index contributed by atoms with van der Waals surface area (Å²) in [7, 11) is 1.07. The first-order valence-corrected chi connectivity index (χ1v) is 6.62. The first-order chi connectivity index (χ1) is 10.5. The van der Waals surface area contributed by atoms with Crippen LogP contribution >= 0.6 is 0 Å². The number of ether oxygens (including phenoxy) is 1. The smallest absolute Gasteiger partial charge is 0.378 e. The Morgan fingerprint density at radius 3 is 2.95 bits per heavy atom. The van der Waals surface area contributed by atoms with Crippen LogP contribution in [0, 0.1) is 0 Å². The van der Waals surface area contributed by atoms with E-state index in [4.69, 9.17) is 4.42 Å². The number of hydrogen-bond acceptors (Lipinski definition) is 5. The van der Waals surface area contributed by atoms with Gasteiger partial charge in [-0.05, 0) is 11.6 Å². The fraction of sp³-hybridized carbons (Fsp3) is 0.250. The summed E-state index contributed by atoms with van der Waals surface area (Å²) in [6.45, 7) is 0. The lowest BCUT2D eigenvalue weighted by Gasteiger charge is -2.09. The van der Waals surface area contributed by atoms with Gasteiger partial charge in [-0.1, -0.05) is 18.2 Å². The van der Waals surface area contributed by atoms with Gasteiger partial charge >= 0.3 is 5.97 Å². The Morgan fingerprint density at radius 1 is 1.55 bits per heavy atom. The SMILES string of the molecule is COC(=O)C(=O)C=C(O)c1occc1CC1=CCC(F)C=C1. The third-order valence-corrected chi connectivity index (χ3v) is 3.15. The molecule has 116 valence electrons. The van der Waals surface area contributed by atoms with Crippen molar-refractivity contribution in [3.63, 3.8) is 0 Å². The highest BCUT2D eigenvalue weighted by molar-refractivity contribution is 6.39. The fourth-order valence-electron chi connectivity index (χ4n) is 2.04. The standard InChI is InChI=1S/C16H15FO5/c1-21-16(20)14(19)9-13(18)15-11(6-7-22-15)8-10-2-4-12(17)5-3-10/h2-4,6-7,9,12,18H,5,8H2,1H3. The van der Waals surface area contributed by atoms with Crippen molar-refractivity contribution in [3.05, 3.63) is 53.5 Å². The number of esters is 1. The van der Waals surface area contributed by atoms with E-state index in [0.717, 1.165) is 18.8 Å². The Balaban J connectivity index is 2.16. The van der Waals surface area contributed by atoms with E-state index in [-0.39, 0.29) is 5.76 Å². The zero-order valence-electron chi connectivity index (χ0n) is 11.9. The van der Waals surface area contributed by atoms with Crippen LogP contribution in [-0.4, -0.2) is 30.1 Å². The lowest BCUT2D eigenvalue weighted by Crippen LogP contribution is -2.13. The summed E-state index contributed by atoms with van der Waals surface area (Å²) in [4.78, 5) is 22.4. The minimum atomic E-state index is -1.08. The minimum absolute atomic E-state index is 0.0916. The Bertz CT molecular complexity index is 666. The number of rotatable bonds is 5. The molecule has 6 heteroatoms. The van der Waals surface area contributed by atoms with Crippen molar-refractivity contribution in [3.8, 4) is 0 Å². The zero-order chi connectivity index (χ0) is 16.1. The monoisotopic (exact) mass is 306 g/mol. The molecule has 0 fully saturated rings. The summed E-state index contributed by atoms with van der Waals surface area (Å²) in [5.74, 6) is -2.43. The molecule has 0 aliphatic heterocycles. The van der Waals surface area contributed by atoms with E-state index < -0.39 is 23.7 Å². The summed E-state index contributed by atoms with van der Waals surface area (Å²) in [6.07, 6.45) is 6.76. The number of methoxy groups -OCH3 is 1. The van der Waals surface area contributed by atoms with Gasteiger partial charge in [0, 0.05) is 24.5 Å². The maximum absolute atomic E-state index is 13.0. The molecule has 0 bridgehead atoms. The normalized spacial score (nSPS) is 18.0. The van der Waals surface area contributed by atoms with Crippen LogP contribution in [0.25, 0.3) is 5.76 Å². The Morgan fingerprint density at radius 2 is 2.32 bits per heavy atom. The summed E-state index contributed by atoms with van der Waals surface area (Å²) in [6, 6.07) is 1.64. The molecule has 0 radical (unpaired) electrons. The van der Waals surface area contributed by atoms with Gasteiger partial charge in [0.25, 0.3) is 5.78 Å². The lowest BCUT2D eigenvalue weighted by atomic mass is 9.99. The van der Waals surface area contributed by atoms with Gasteiger partial charge in [-0.25, -0.2) is 9.18 Å². The van der Waals surface area contributed by atoms with Crippen LogP contribution in [0.15, 0.2) is 46.6 Å². The van der Waals surface area contributed by atoms with Crippen molar-refractivity contribution in [1.82, 2.24) is 0 Å². The van der Waals surface area contributed by atoms with Crippen LogP contribution in [0.2, 0.25) is 0 Å². The summed E-state index contributed by atoms with van der Waals surface area (Å²) < 4.78 is 22.4. The average molecular weight is 306 g/mol. The van der Waals surface area contributed by atoms with Crippen LogP contribution in [0.5, 0.6) is 0 Å². The number of allylic oxidation sites excluding steroid dienone is 4. The predicted octanol–water partition coefficient (Wildman–Crippen LogP) is 2.69. The van der Waals surface area contributed by atoms with Crippen molar-refractivity contribution in [2.75, 3.05) is 7.11 Å². The number of alkyl halides is 1. The third kappa shape index (κ3) is 3.72. The number of furan rings is 1. The quantitative estimate of drug-likeness (QED) is 0.392. The van der Waals surface area contributed by atoms with E-state index in [9.17, 15) is 19.1 Å². The molecule has 0 amide bonds. The highest BCUT2D eigenvalue weighted by atomic mass is 19.1. The molecule has 0 saturated carbocycles. The molecule has 1 unspecified atom stereocenters. The molecule has 0 spiro atoms. The number of carbonyl (C=O) groups is 2. The topological polar surface area (TPSA) is 76.7 Å². The van der Waals surface area contributed by atoms with Gasteiger partial charge in [0.2, 0.25) is 0 Å². The molecular formula is C16H15FO5. The highest BCUT2D eigenvalue weighted by Crippen LogP contribution is 2.24. The number of aliphatic hydroxyl groups excluding tert-OH is 1. The summed E-state index contributed by atoms with van der Waals surface area (Å²) >= 11 is 0. The molecule has 1 aliphatic carbocycles. The molecule has 5 nitrogen and oxygen atoms in total. The van der Waals surface area contributed by atoms with E-state index >= 15 is 0 Å². The van der Waals surface area contributed by atoms with E-state index in [1.165, 1.54) is 12.3 Å². The van der Waals surface area contributed by atoms with Crippen molar-refractivity contribution < 1.29 is 28.2 Å². The zero-order valence-corrected chi connectivity index (χ0v) is 11.9. The van der Waals surface area contributed by atoms with Crippen molar-refractivity contribution in [2.45, 2.75) is 19.0 Å². The second-order valence-electron chi connectivity index (χ2n) is 4.73. The Labute approximate surface area is 126 Å². The molecule has 0 saturated heterocycles. The number of ketones is 1. The van der Waals surface area contributed by atoms with Gasteiger partial charge in [-0.2, -0.15) is 0 Å². The van der Waals surface area contributed by atoms with Gasteiger partial charge in [-0.15, -0.1) is 0 Å². The van der Waals surface area contributed by atoms with Gasteiger partial charge in [-0.3, -0.25) is 4.79 Å². The second kappa shape index (κ2) is 6.89. The molecule has 1 aromatic heterocycles. The molecule has 1 aliphatic rings. The first kappa shape index (κ1) is 15.8. The van der Waals surface area contributed by atoms with Crippen LogP contribution < -0.4 is 0 Å². The predicted molar refractivity (Wildman–Crippen MR) is 76.8 cm³/mol. The molecule has 1 N–H and O–H groups in total. The molecule has 2 rings (SSSR count). The van der Waals surface area contributed by atoms with Crippen LogP contribution in [0.3, 0.4) is 0 Å². The molecule has 1 heterocycles. The number of halogens is 1. The molecule has 0 aromatic carbocycles. The van der Waals surface area contributed by atoms with Gasteiger partial charge in [0.15, 0.2) is 11.5 Å². The molecule has 1 aromatic rings. The average Bonchev–Trinajstić information content (AvgIpc) is 2.96. The molecule has 22 heavy (non-hydrogen) atoms. The first-order valence-electron chi connectivity index (χ1n) is 6.62. The number of hydrogen-bond donors (Lipinski definition) is 1. The van der Waals surface area contributed by atoms with E-state index in [0.29, 0.717) is 18.4 Å². The highest BCUT2D eigenvalue weighted by Gasteiger charge is 2.17. The Hall–Kier alpha value is -2.63. The van der Waals surface area contributed by atoms with Crippen molar-refractivity contribution in [2.24, 2.45) is 0 Å². The van der Waals surface area contributed by atoms with E-state index in [2.05, 4.69) is 4.74 Å². The van der Waals surface area contributed by atoms with Gasteiger partial charge in [0.1, 0.15) is 6.17 Å².